The van der Waals surface area contributed by atoms with Crippen molar-refractivity contribution in [2.45, 2.75) is 12.2 Å². The topological polar surface area (TPSA) is 84.8 Å². The average molecular weight is 299 g/mol. The number of rotatable bonds is 2. The van der Waals surface area contributed by atoms with Gasteiger partial charge < -0.3 is 19.5 Å². The fourth-order valence-corrected chi connectivity index (χ4v) is 2.75. The molecule has 1 N–H and O–H groups in total. The molecule has 112 valence electrons. The number of ether oxygens (including phenoxy) is 2. The molecule has 1 saturated heterocycles. The van der Waals surface area contributed by atoms with E-state index < -0.39 is 11.8 Å². The minimum atomic E-state index is -1.09. The number of carboxylic acids is 1. The number of para-hydroxylation sites is 2. The lowest BCUT2D eigenvalue weighted by atomic mass is 10.2. The minimum Gasteiger partial charge on any atom is -0.476 e. The van der Waals surface area contributed by atoms with Gasteiger partial charge in [-0.1, -0.05) is 12.1 Å². The van der Waals surface area contributed by atoms with Crippen molar-refractivity contribution in [1.82, 2.24) is 9.97 Å². The number of aromatic carboxylic acids is 1. The summed E-state index contributed by atoms with van der Waals surface area (Å²) in [6.45, 7) is 1.22. The highest BCUT2D eigenvalue weighted by Gasteiger charge is 2.47. The Bertz CT molecular complexity index is 707. The van der Waals surface area contributed by atoms with Crippen molar-refractivity contribution in [2.24, 2.45) is 0 Å². The summed E-state index contributed by atoms with van der Waals surface area (Å²) in [5.74, 6) is 0.324. The van der Waals surface area contributed by atoms with Crippen LogP contribution in [0.15, 0.2) is 36.7 Å². The van der Waals surface area contributed by atoms with Gasteiger partial charge in [0, 0.05) is 13.0 Å². The maximum absolute atomic E-state index is 10.8. The molecule has 1 fully saturated rings. The highest BCUT2D eigenvalue weighted by molar-refractivity contribution is 5.84. The van der Waals surface area contributed by atoms with E-state index in [4.69, 9.17) is 14.6 Å². The normalized spacial score (nSPS) is 17.9. The first kappa shape index (κ1) is 12.9. The maximum Gasteiger partial charge on any atom is 0.356 e. The lowest BCUT2D eigenvalue weighted by Crippen LogP contribution is -2.41. The molecule has 1 aromatic heterocycles. The summed E-state index contributed by atoms with van der Waals surface area (Å²) in [5.41, 5.74) is -0.0709. The molecule has 0 amide bonds. The van der Waals surface area contributed by atoms with Gasteiger partial charge in [-0.05, 0) is 12.1 Å². The van der Waals surface area contributed by atoms with Gasteiger partial charge in [0.1, 0.15) is 5.82 Å². The van der Waals surface area contributed by atoms with Crippen LogP contribution in [0.4, 0.5) is 5.82 Å². The third-order valence-corrected chi connectivity index (χ3v) is 3.82. The van der Waals surface area contributed by atoms with Crippen LogP contribution in [0.3, 0.4) is 0 Å². The van der Waals surface area contributed by atoms with E-state index in [0.717, 1.165) is 11.5 Å². The van der Waals surface area contributed by atoms with Gasteiger partial charge in [0.15, 0.2) is 17.2 Å². The van der Waals surface area contributed by atoms with E-state index in [9.17, 15) is 4.79 Å². The van der Waals surface area contributed by atoms with Crippen LogP contribution in [0.25, 0.3) is 0 Å². The maximum atomic E-state index is 10.8. The molecule has 22 heavy (non-hydrogen) atoms. The van der Waals surface area contributed by atoms with Gasteiger partial charge in [-0.15, -0.1) is 0 Å². The Hall–Kier alpha value is -2.83. The Morgan fingerprint density at radius 1 is 1.18 bits per heavy atom. The number of hydrogen-bond acceptors (Lipinski definition) is 6. The number of aromatic nitrogens is 2. The fraction of sp³-hybridized carbons (Fsp3) is 0.267. The molecule has 4 rings (SSSR count). The minimum absolute atomic E-state index is 0.0709. The second-order valence-electron chi connectivity index (χ2n) is 5.30. The van der Waals surface area contributed by atoms with Crippen molar-refractivity contribution in [1.29, 1.82) is 0 Å². The molecular formula is C15H13N3O4. The molecule has 0 saturated carbocycles. The summed E-state index contributed by atoms with van der Waals surface area (Å²) in [6.07, 6.45) is 3.42. The van der Waals surface area contributed by atoms with Gasteiger partial charge in [0.05, 0.1) is 18.9 Å². The van der Waals surface area contributed by atoms with Gasteiger partial charge in [-0.25, -0.2) is 14.8 Å². The largest absolute Gasteiger partial charge is 0.476 e. The van der Waals surface area contributed by atoms with Gasteiger partial charge in [0.25, 0.3) is 5.79 Å². The Morgan fingerprint density at radius 2 is 1.91 bits per heavy atom. The average Bonchev–Trinajstić information content (AvgIpc) is 3.10. The Kier molecular flexibility index (Phi) is 2.69. The summed E-state index contributed by atoms with van der Waals surface area (Å²) >= 11 is 0. The van der Waals surface area contributed by atoms with Crippen LogP contribution in [-0.4, -0.2) is 39.9 Å². The van der Waals surface area contributed by atoms with Crippen LogP contribution >= 0.6 is 0 Å². The Labute approximate surface area is 126 Å². The number of benzene rings is 1. The first-order valence-corrected chi connectivity index (χ1v) is 6.93. The molecule has 2 aromatic rings. The van der Waals surface area contributed by atoms with E-state index in [2.05, 4.69) is 9.97 Å². The molecule has 3 heterocycles. The second-order valence-corrected chi connectivity index (χ2v) is 5.30. The number of anilines is 1. The van der Waals surface area contributed by atoms with Gasteiger partial charge in [0.2, 0.25) is 0 Å². The first-order chi connectivity index (χ1) is 10.7. The van der Waals surface area contributed by atoms with Crippen LogP contribution < -0.4 is 14.4 Å². The SMILES string of the molecule is O=C(O)c1cnc(N2CCC3(C2)Oc2ccccc2O3)cn1. The van der Waals surface area contributed by atoms with E-state index >= 15 is 0 Å². The quantitative estimate of drug-likeness (QED) is 0.900. The molecule has 7 heteroatoms. The predicted molar refractivity (Wildman–Crippen MR) is 76.3 cm³/mol. The molecule has 1 aromatic carbocycles. The molecular weight excluding hydrogens is 286 g/mol. The zero-order valence-corrected chi connectivity index (χ0v) is 11.6. The lowest BCUT2D eigenvalue weighted by Gasteiger charge is -2.23. The summed E-state index contributed by atoms with van der Waals surface area (Å²) in [7, 11) is 0. The van der Waals surface area contributed by atoms with Crippen molar-refractivity contribution in [3.8, 4) is 11.5 Å². The van der Waals surface area contributed by atoms with E-state index in [0.29, 0.717) is 25.3 Å². The standard InChI is InChI=1S/C15H13N3O4/c19-14(20)10-7-17-13(8-16-10)18-6-5-15(9-18)21-11-3-1-2-4-12(11)22-15/h1-4,7-8H,5-6,9H2,(H,19,20). The zero-order chi connectivity index (χ0) is 15.2. The second kappa shape index (κ2) is 4.59. The van der Waals surface area contributed by atoms with Gasteiger partial charge >= 0.3 is 5.97 Å². The van der Waals surface area contributed by atoms with Crippen molar-refractivity contribution < 1.29 is 19.4 Å². The number of fused-ring (bicyclic) bond motifs is 1. The molecule has 7 nitrogen and oxygen atoms in total. The molecule has 1 spiro atoms. The summed E-state index contributed by atoms with van der Waals surface area (Å²) in [5, 5.41) is 8.85. The van der Waals surface area contributed by atoms with Crippen LogP contribution in [0.2, 0.25) is 0 Å². The molecule has 0 atom stereocenters. The van der Waals surface area contributed by atoms with E-state index in [1.54, 1.807) is 0 Å². The zero-order valence-electron chi connectivity index (χ0n) is 11.6. The highest BCUT2D eigenvalue weighted by Crippen LogP contribution is 2.43. The molecule has 2 aliphatic rings. The third-order valence-electron chi connectivity index (χ3n) is 3.82. The van der Waals surface area contributed by atoms with Crippen molar-refractivity contribution in [3.63, 3.8) is 0 Å². The monoisotopic (exact) mass is 299 g/mol. The molecule has 0 radical (unpaired) electrons. The number of hydrogen-bond donors (Lipinski definition) is 1. The molecule has 0 aliphatic carbocycles. The molecule has 0 bridgehead atoms. The Morgan fingerprint density at radius 3 is 2.50 bits per heavy atom. The van der Waals surface area contributed by atoms with Gasteiger partial charge in [-0.2, -0.15) is 0 Å². The van der Waals surface area contributed by atoms with Gasteiger partial charge in [-0.3, -0.25) is 0 Å². The fourth-order valence-electron chi connectivity index (χ4n) is 2.75. The van der Waals surface area contributed by atoms with Crippen molar-refractivity contribution in [2.75, 3.05) is 18.0 Å². The third kappa shape index (κ3) is 2.02. The molecule has 0 unspecified atom stereocenters. The van der Waals surface area contributed by atoms with Crippen LogP contribution in [0, 0.1) is 0 Å². The van der Waals surface area contributed by atoms with E-state index in [1.807, 2.05) is 29.2 Å². The smallest absolute Gasteiger partial charge is 0.356 e. The number of carboxylic acid groups (broad SMARTS) is 1. The highest BCUT2D eigenvalue weighted by atomic mass is 16.7. The van der Waals surface area contributed by atoms with Crippen LogP contribution in [-0.2, 0) is 0 Å². The van der Waals surface area contributed by atoms with Crippen LogP contribution in [0.5, 0.6) is 11.5 Å². The summed E-state index contributed by atoms with van der Waals surface area (Å²) in [4.78, 5) is 20.8. The van der Waals surface area contributed by atoms with Crippen LogP contribution in [0.1, 0.15) is 16.9 Å². The van der Waals surface area contributed by atoms with E-state index in [-0.39, 0.29) is 5.69 Å². The first-order valence-electron chi connectivity index (χ1n) is 6.93. The van der Waals surface area contributed by atoms with Crippen molar-refractivity contribution >= 4 is 11.8 Å². The summed E-state index contributed by atoms with van der Waals surface area (Å²) in [6, 6.07) is 7.58. The predicted octanol–water partition coefficient (Wildman–Crippen LogP) is 1.55. The molecule has 2 aliphatic heterocycles. The number of carbonyl (C=O) groups is 1. The van der Waals surface area contributed by atoms with Crippen molar-refractivity contribution in [3.05, 3.63) is 42.4 Å². The van der Waals surface area contributed by atoms with E-state index in [1.165, 1.54) is 12.4 Å². The Balaban J connectivity index is 1.53. The lowest BCUT2D eigenvalue weighted by molar-refractivity contribution is -0.0578. The number of nitrogens with zero attached hydrogens (tertiary/aromatic N) is 3. The summed E-state index contributed by atoms with van der Waals surface area (Å²) < 4.78 is 11.9.